The molecule has 1 aromatic heterocycles. The standard InChI is InChI=1S/C25H23N3O2/c26-15-5-16-27-17-14-18-10-12-19(13-11-18)30-25(29)24-20-6-1-3-8-22(20)28-23-9-4-2-7-21(23)24/h1-13,15,27H,14,16-17,26H2/b15-5-. The maximum absolute atomic E-state index is 13.1. The van der Waals surface area contributed by atoms with Crippen molar-refractivity contribution in [1.82, 2.24) is 10.3 Å². The van der Waals surface area contributed by atoms with E-state index < -0.39 is 0 Å². The fraction of sp³-hybridized carbons (Fsp3) is 0.120. The van der Waals surface area contributed by atoms with Gasteiger partial charge in [-0.2, -0.15) is 0 Å². The van der Waals surface area contributed by atoms with Crippen LogP contribution in [0, 0.1) is 0 Å². The van der Waals surface area contributed by atoms with Gasteiger partial charge in [0.1, 0.15) is 5.75 Å². The number of nitrogens with zero attached hydrogens (tertiary/aromatic N) is 1. The molecule has 0 unspecified atom stereocenters. The average molecular weight is 397 g/mol. The Morgan fingerprint density at radius 2 is 1.57 bits per heavy atom. The predicted octanol–water partition coefficient (Wildman–Crippen LogP) is 4.21. The van der Waals surface area contributed by atoms with Crippen LogP contribution in [0.1, 0.15) is 15.9 Å². The molecule has 0 aliphatic heterocycles. The van der Waals surface area contributed by atoms with Crippen LogP contribution < -0.4 is 15.8 Å². The lowest BCUT2D eigenvalue weighted by Gasteiger charge is -2.11. The molecule has 0 saturated heterocycles. The number of carbonyl (C=O) groups excluding carboxylic acids is 1. The summed E-state index contributed by atoms with van der Waals surface area (Å²) in [4.78, 5) is 17.8. The van der Waals surface area contributed by atoms with Crippen molar-refractivity contribution in [2.24, 2.45) is 5.73 Å². The molecule has 5 nitrogen and oxygen atoms in total. The number of nitrogens with two attached hydrogens (primary N) is 1. The molecular weight excluding hydrogens is 374 g/mol. The molecule has 3 aromatic carbocycles. The van der Waals surface area contributed by atoms with E-state index in [0.717, 1.165) is 41.3 Å². The summed E-state index contributed by atoms with van der Waals surface area (Å²) in [5.41, 5.74) is 8.57. The number of benzene rings is 3. The molecule has 0 amide bonds. The molecule has 0 bridgehead atoms. The highest BCUT2D eigenvalue weighted by Gasteiger charge is 2.17. The first-order chi connectivity index (χ1) is 14.8. The number of aromatic nitrogens is 1. The Labute approximate surface area is 175 Å². The topological polar surface area (TPSA) is 77.2 Å². The number of nitrogens with one attached hydrogen (secondary N) is 1. The van der Waals surface area contributed by atoms with Crippen LogP contribution in [-0.4, -0.2) is 24.0 Å². The van der Waals surface area contributed by atoms with E-state index in [1.54, 1.807) is 0 Å². The van der Waals surface area contributed by atoms with E-state index in [4.69, 9.17) is 10.5 Å². The molecule has 30 heavy (non-hydrogen) atoms. The van der Waals surface area contributed by atoms with E-state index >= 15 is 0 Å². The van der Waals surface area contributed by atoms with Gasteiger partial charge in [0, 0.05) is 17.3 Å². The van der Waals surface area contributed by atoms with Gasteiger partial charge in [-0.25, -0.2) is 9.78 Å². The fourth-order valence-electron chi connectivity index (χ4n) is 3.43. The van der Waals surface area contributed by atoms with E-state index in [2.05, 4.69) is 10.3 Å². The van der Waals surface area contributed by atoms with Crippen LogP contribution in [0.2, 0.25) is 0 Å². The van der Waals surface area contributed by atoms with Gasteiger partial charge in [-0.15, -0.1) is 0 Å². The molecule has 0 fully saturated rings. The quantitative estimate of drug-likeness (QED) is 0.211. The van der Waals surface area contributed by atoms with Gasteiger partial charge in [0.05, 0.1) is 16.6 Å². The third-order valence-corrected chi connectivity index (χ3v) is 4.91. The van der Waals surface area contributed by atoms with Crippen molar-refractivity contribution in [3.05, 3.63) is 96.2 Å². The summed E-state index contributed by atoms with van der Waals surface area (Å²) in [6.45, 7) is 1.60. The minimum Gasteiger partial charge on any atom is -0.423 e. The first kappa shape index (κ1) is 19.6. The lowest BCUT2D eigenvalue weighted by Crippen LogP contribution is -2.17. The summed E-state index contributed by atoms with van der Waals surface area (Å²) >= 11 is 0. The van der Waals surface area contributed by atoms with E-state index in [-0.39, 0.29) is 5.97 Å². The van der Waals surface area contributed by atoms with Crippen molar-refractivity contribution >= 4 is 27.8 Å². The van der Waals surface area contributed by atoms with Gasteiger partial charge in [0.15, 0.2) is 0 Å². The molecule has 0 radical (unpaired) electrons. The lowest BCUT2D eigenvalue weighted by atomic mass is 10.0. The second-order valence-corrected chi connectivity index (χ2v) is 6.94. The molecule has 3 N–H and O–H groups in total. The molecule has 1 heterocycles. The van der Waals surface area contributed by atoms with Gasteiger partial charge in [-0.1, -0.05) is 54.6 Å². The average Bonchev–Trinajstić information content (AvgIpc) is 2.78. The molecule has 0 aliphatic carbocycles. The summed E-state index contributed by atoms with van der Waals surface area (Å²) < 4.78 is 5.72. The summed E-state index contributed by atoms with van der Waals surface area (Å²) in [6.07, 6.45) is 4.28. The molecule has 150 valence electrons. The van der Waals surface area contributed by atoms with Crippen molar-refractivity contribution in [3.8, 4) is 5.75 Å². The summed E-state index contributed by atoms with van der Waals surface area (Å²) in [5, 5.41) is 4.85. The molecule has 0 spiro atoms. The first-order valence-corrected chi connectivity index (χ1v) is 9.92. The third-order valence-electron chi connectivity index (χ3n) is 4.91. The van der Waals surface area contributed by atoms with Crippen LogP contribution in [0.25, 0.3) is 21.8 Å². The van der Waals surface area contributed by atoms with Crippen LogP contribution in [0.5, 0.6) is 5.75 Å². The molecule has 4 rings (SSSR count). The van der Waals surface area contributed by atoms with Gasteiger partial charge >= 0.3 is 5.97 Å². The fourth-order valence-corrected chi connectivity index (χ4v) is 3.43. The maximum Gasteiger partial charge on any atom is 0.344 e. The first-order valence-electron chi connectivity index (χ1n) is 9.92. The van der Waals surface area contributed by atoms with Crippen LogP contribution >= 0.6 is 0 Å². The Bertz CT molecular complexity index is 1150. The maximum atomic E-state index is 13.1. The number of hydrogen-bond acceptors (Lipinski definition) is 5. The van der Waals surface area contributed by atoms with Crippen LogP contribution in [0.15, 0.2) is 85.1 Å². The van der Waals surface area contributed by atoms with Crippen LogP contribution in [0.3, 0.4) is 0 Å². The third kappa shape index (κ3) is 4.31. The molecule has 0 aliphatic rings. The van der Waals surface area contributed by atoms with Gasteiger partial charge < -0.3 is 15.8 Å². The zero-order chi connectivity index (χ0) is 20.8. The second-order valence-electron chi connectivity index (χ2n) is 6.94. The number of fused-ring (bicyclic) bond motifs is 2. The number of esters is 1. The highest BCUT2D eigenvalue weighted by Crippen LogP contribution is 2.27. The normalized spacial score (nSPS) is 11.3. The summed E-state index contributed by atoms with van der Waals surface area (Å²) in [6, 6.07) is 22.9. The van der Waals surface area contributed by atoms with Gasteiger partial charge in [0.2, 0.25) is 0 Å². The number of rotatable bonds is 7. The van der Waals surface area contributed by atoms with Crippen LogP contribution in [-0.2, 0) is 6.42 Å². The molecule has 0 atom stereocenters. The lowest BCUT2D eigenvalue weighted by molar-refractivity contribution is 0.0738. The minimum atomic E-state index is -0.382. The van der Waals surface area contributed by atoms with Crippen molar-refractivity contribution in [3.63, 3.8) is 0 Å². The Kier molecular flexibility index (Phi) is 6.01. The smallest absolute Gasteiger partial charge is 0.344 e. The number of hydrogen-bond donors (Lipinski definition) is 2. The number of para-hydroxylation sites is 2. The molecule has 0 saturated carbocycles. The minimum absolute atomic E-state index is 0.382. The SMILES string of the molecule is N/C=C\CNCCc1ccc(OC(=O)c2c3ccccc3nc3ccccc23)cc1. The molecule has 5 heteroatoms. The molecule has 4 aromatic rings. The van der Waals surface area contributed by atoms with E-state index in [1.165, 1.54) is 11.8 Å². The van der Waals surface area contributed by atoms with Crippen molar-refractivity contribution in [1.29, 1.82) is 0 Å². The highest BCUT2D eigenvalue weighted by atomic mass is 16.5. The second kappa shape index (κ2) is 9.20. The highest BCUT2D eigenvalue weighted by molar-refractivity contribution is 6.14. The zero-order valence-corrected chi connectivity index (χ0v) is 16.5. The monoisotopic (exact) mass is 397 g/mol. The number of carbonyl (C=O) groups is 1. The Morgan fingerprint density at radius 3 is 2.20 bits per heavy atom. The predicted molar refractivity (Wildman–Crippen MR) is 121 cm³/mol. The van der Waals surface area contributed by atoms with E-state index in [9.17, 15) is 4.79 Å². The van der Waals surface area contributed by atoms with E-state index in [0.29, 0.717) is 11.3 Å². The van der Waals surface area contributed by atoms with Crippen LogP contribution in [0.4, 0.5) is 0 Å². The van der Waals surface area contributed by atoms with Crippen molar-refractivity contribution in [2.45, 2.75) is 6.42 Å². The number of ether oxygens (including phenoxy) is 1. The van der Waals surface area contributed by atoms with E-state index in [1.807, 2.05) is 78.9 Å². The summed E-state index contributed by atoms with van der Waals surface area (Å²) in [5.74, 6) is 0.139. The van der Waals surface area contributed by atoms with Gasteiger partial charge in [0.25, 0.3) is 0 Å². The Morgan fingerprint density at radius 1 is 0.933 bits per heavy atom. The number of pyridine rings is 1. The Hall–Kier alpha value is -3.70. The van der Waals surface area contributed by atoms with Crippen molar-refractivity contribution < 1.29 is 9.53 Å². The molecular formula is C25H23N3O2. The largest absolute Gasteiger partial charge is 0.423 e. The van der Waals surface area contributed by atoms with Crippen molar-refractivity contribution in [2.75, 3.05) is 13.1 Å². The summed E-state index contributed by atoms with van der Waals surface area (Å²) in [7, 11) is 0. The van der Waals surface area contributed by atoms with Gasteiger partial charge in [-0.3, -0.25) is 0 Å². The zero-order valence-electron chi connectivity index (χ0n) is 16.5. The Balaban J connectivity index is 1.54. The van der Waals surface area contributed by atoms with Gasteiger partial charge in [-0.05, 0) is 49.0 Å².